The molecule has 0 spiro atoms. The van der Waals surface area contributed by atoms with Crippen molar-refractivity contribution < 1.29 is 12.8 Å². The van der Waals surface area contributed by atoms with Crippen molar-refractivity contribution in [2.24, 2.45) is 10.2 Å². The first-order valence-corrected chi connectivity index (χ1v) is 10.0. The second-order valence-corrected chi connectivity index (χ2v) is 8.15. The zero-order chi connectivity index (χ0) is 17.4. The van der Waals surface area contributed by atoms with E-state index in [1.165, 1.54) is 12.1 Å². The molecule has 0 saturated carbocycles. The van der Waals surface area contributed by atoms with Crippen LogP contribution in [0.2, 0.25) is 0 Å². The Kier molecular flexibility index (Phi) is 3.95. The first-order chi connectivity index (χ1) is 12.0. The Bertz CT molecular complexity index is 992. The minimum absolute atomic E-state index is 0.0763. The smallest absolute Gasteiger partial charge is 0.238 e. The number of rotatable bonds is 4. The maximum atomic E-state index is 11.4. The highest BCUT2D eigenvalue weighted by atomic mass is 32.2. The standard InChI is InChI=1S/C17H15N3O3S2/c18-25(21,22)13-7-5-12(6-8-13)20-15(16-3-1-9-23-16)11-14(19-20)17-4-2-10-24-17/h1-10,15H,11H2,(H2,18,21,22). The largest absolute Gasteiger partial charge is 0.467 e. The molecule has 1 atom stereocenters. The van der Waals surface area contributed by atoms with Crippen LogP contribution in [0.25, 0.3) is 0 Å². The predicted molar refractivity (Wildman–Crippen MR) is 97.2 cm³/mol. The normalized spacial score (nSPS) is 17.7. The molecule has 3 heterocycles. The number of sulfonamides is 1. The van der Waals surface area contributed by atoms with Crippen molar-refractivity contribution >= 4 is 32.8 Å². The molecule has 1 aromatic carbocycles. The van der Waals surface area contributed by atoms with E-state index in [2.05, 4.69) is 0 Å². The molecule has 128 valence electrons. The molecule has 2 aromatic heterocycles. The van der Waals surface area contributed by atoms with Gasteiger partial charge in [-0.15, -0.1) is 11.3 Å². The van der Waals surface area contributed by atoms with Crippen LogP contribution in [0.4, 0.5) is 5.69 Å². The number of primary sulfonamides is 1. The lowest BCUT2D eigenvalue weighted by Crippen LogP contribution is -2.18. The van der Waals surface area contributed by atoms with E-state index in [9.17, 15) is 8.42 Å². The van der Waals surface area contributed by atoms with Gasteiger partial charge in [0.2, 0.25) is 10.0 Å². The average Bonchev–Trinajstić information content (AvgIpc) is 3.33. The zero-order valence-corrected chi connectivity index (χ0v) is 14.7. The molecule has 3 aromatic rings. The van der Waals surface area contributed by atoms with Crippen LogP contribution >= 0.6 is 11.3 Å². The molecule has 0 fully saturated rings. The number of nitrogens with two attached hydrogens (primary N) is 1. The van der Waals surface area contributed by atoms with E-state index in [0.717, 1.165) is 22.0 Å². The summed E-state index contributed by atoms with van der Waals surface area (Å²) in [6.07, 6.45) is 2.35. The van der Waals surface area contributed by atoms with Gasteiger partial charge in [0.1, 0.15) is 11.8 Å². The van der Waals surface area contributed by atoms with Gasteiger partial charge in [0.05, 0.1) is 27.4 Å². The van der Waals surface area contributed by atoms with E-state index in [0.29, 0.717) is 6.42 Å². The predicted octanol–water partition coefficient (Wildman–Crippen LogP) is 3.34. The summed E-state index contributed by atoms with van der Waals surface area (Å²) < 4.78 is 28.5. The number of anilines is 1. The second kappa shape index (κ2) is 6.14. The zero-order valence-electron chi connectivity index (χ0n) is 13.1. The van der Waals surface area contributed by atoms with Crippen LogP contribution in [0.5, 0.6) is 0 Å². The third kappa shape index (κ3) is 3.11. The van der Waals surface area contributed by atoms with Crippen LogP contribution in [0.1, 0.15) is 23.1 Å². The summed E-state index contributed by atoms with van der Waals surface area (Å²) in [5.41, 5.74) is 1.76. The van der Waals surface area contributed by atoms with Gasteiger partial charge in [0.15, 0.2) is 0 Å². The van der Waals surface area contributed by atoms with Crippen LogP contribution in [-0.2, 0) is 10.0 Å². The third-order valence-electron chi connectivity index (χ3n) is 4.02. The fourth-order valence-electron chi connectivity index (χ4n) is 2.83. The highest BCUT2D eigenvalue weighted by molar-refractivity contribution is 7.89. The van der Waals surface area contributed by atoms with Gasteiger partial charge >= 0.3 is 0 Å². The maximum absolute atomic E-state index is 11.4. The number of nitrogens with zero attached hydrogens (tertiary/aromatic N) is 2. The van der Waals surface area contributed by atoms with E-state index < -0.39 is 10.0 Å². The van der Waals surface area contributed by atoms with Gasteiger partial charge in [-0.3, -0.25) is 5.01 Å². The van der Waals surface area contributed by atoms with Crippen LogP contribution in [0.15, 0.2) is 74.6 Å². The van der Waals surface area contributed by atoms with E-state index in [4.69, 9.17) is 14.7 Å². The van der Waals surface area contributed by atoms with E-state index in [1.54, 1.807) is 29.7 Å². The molecule has 0 saturated heterocycles. The van der Waals surface area contributed by atoms with Gasteiger partial charge in [-0.25, -0.2) is 13.6 Å². The number of hydrogen-bond donors (Lipinski definition) is 1. The van der Waals surface area contributed by atoms with Gasteiger partial charge in [-0.05, 0) is 47.8 Å². The molecule has 25 heavy (non-hydrogen) atoms. The summed E-state index contributed by atoms with van der Waals surface area (Å²) in [4.78, 5) is 1.19. The van der Waals surface area contributed by atoms with Crippen molar-refractivity contribution in [1.82, 2.24) is 0 Å². The second-order valence-electron chi connectivity index (χ2n) is 5.64. The molecule has 8 heteroatoms. The van der Waals surface area contributed by atoms with E-state index in [1.807, 2.05) is 34.7 Å². The summed E-state index contributed by atoms with van der Waals surface area (Å²) in [6, 6.07) is 14.1. The van der Waals surface area contributed by atoms with E-state index in [-0.39, 0.29) is 10.9 Å². The van der Waals surface area contributed by atoms with Crippen molar-refractivity contribution in [3.8, 4) is 0 Å². The molecule has 0 radical (unpaired) electrons. The number of thiophene rings is 1. The SMILES string of the molecule is NS(=O)(=O)c1ccc(N2N=C(c3cccs3)CC2c2ccco2)cc1. The Morgan fingerprint density at radius 3 is 2.56 bits per heavy atom. The summed E-state index contributed by atoms with van der Waals surface area (Å²) in [5.74, 6) is 0.811. The molecular formula is C17H15N3O3S2. The van der Waals surface area contributed by atoms with Gasteiger partial charge in [0.25, 0.3) is 0 Å². The summed E-state index contributed by atoms with van der Waals surface area (Å²) in [5, 5.41) is 13.8. The molecule has 1 aliphatic heterocycles. The molecule has 0 bridgehead atoms. The molecule has 2 N–H and O–H groups in total. The Morgan fingerprint density at radius 2 is 1.96 bits per heavy atom. The van der Waals surface area contributed by atoms with E-state index >= 15 is 0 Å². The summed E-state index contributed by atoms with van der Waals surface area (Å²) >= 11 is 1.64. The highest BCUT2D eigenvalue weighted by Gasteiger charge is 2.32. The third-order valence-corrected chi connectivity index (χ3v) is 5.87. The van der Waals surface area contributed by atoms with Gasteiger partial charge in [-0.2, -0.15) is 5.10 Å². The summed E-state index contributed by atoms with van der Waals surface area (Å²) in [6.45, 7) is 0. The van der Waals surface area contributed by atoms with Crippen molar-refractivity contribution in [2.45, 2.75) is 17.4 Å². The Morgan fingerprint density at radius 1 is 1.16 bits per heavy atom. The minimum Gasteiger partial charge on any atom is -0.467 e. The molecule has 0 aliphatic carbocycles. The first kappa shape index (κ1) is 16.1. The minimum atomic E-state index is -3.72. The van der Waals surface area contributed by atoms with Crippen LogP contribution in [0.3, 0.4) is 0 Å². The van der Waals surface area contributed by atoms with Crippen molar-refractivity contribution in [2.75, 3.05) is 5.01 Å². The first-order valence-electron chi connectivity index (χ1n) is 7.59. The molecular weight excluding hydrogens is 358 g/mol. The van der Waals surface area contributed by atoms with Crippen LogP contribution in [0, 0.1) is 0 Å². The van der Waals surface area contributed by atoms with Crippen molar-refractivity contribution in [1.29, 1.82) is 0 Å². The highest BCUT2D eigenvalue weighted by Crippen LogP contribution is 2.37. The number of hydrazone groups is 1. The Balaban J connectivity index is 1.73. The molecule has 1 aliphatic rings. The Hall–Kier alpha value is -2.42. The van der Waals surface area contributed by atoms with Gasteiger partial charge < -0.3 is 4.42 Å². The molecule has 1 unspecified atom stereocenters. The molecule has 4 rings (SSSR count). The Labute approximate surface area is 149 Å². The lowest BCUT2D eigenvalue weighted by Gasteiger charge is -2.22. The van der Waals surface area contributed by atoms with Gasteiger partial charge in [-0.1, -0.05) is 6.07 Å². The van der Waals surface area contributed by atoms with Crippen LogP contribution in [-0.4, -0.2) is 14.1 Å². The fraction of sp³-hybridized carbons (Fsp3) is 0.118. The fourth-order valence-corrected chi connectivity index (χ4v) is 4.07. The quantitative estimate of drug-likeness (QED) is 0.759. The topological polar surface area (TPSA) is 88.9 Å². The molecule has 0 amide bonds. The summed E-state index contributed by atoms with van der Waals surface area (Å²) in [7, 11) is -3.72. The maximum Gasteiger partial charge on any atom is 0.238 e. The monoisotopic (exact) mass is 373 g/mol. The average molecular weight is 373 g/mol. The van der Waals surface area contributed by atoms with Crippen LogP contribution < -0.4 is 10.1 Å². The van der Waals surface area contributed by atoms with Gasteiger partial charge in [0, 0.05) is 6.42 Å². The number of furan rings is 1. The van der Waals surface area contributed by atoms with Crippen molar-refractivity contribution in [3.05, 3.63) is 70.8 Å². The lowest BCUT2D eigenvalue weighted by atomic mass is 10.1. The number of hydrogen-bond acceptors (Lipinski definition) is 6. The van der Waals surface area contributed by atoms with Crippen molar-refractivity contribution in [3.63, 3.8) is 0 Å². The number of benzene rings is 1. The lowest BCUT2D eigenvalue weighted by molar-refractivity contribution is 0.465. The molecule has 6 nitrogen and oxygen atoms in total.